The van der Waals surface area contributed by atoms with Crippen LogP contribution in [0.2, 0.25) is 0 Å². The van der Waals surface area contributed by atoms with Crippen molar-refractivity contribution in [3.05, 3.63) is 0 Å². The summed E-state index contributed by atoms with van der Waals surface area (Å²) in [6.07, 6.45) is 0. The van der Waals surface area contributed by atoms with Gasteiger partial charge in [0.25, 0.3) is 0 Å². The Morgan fingerprint density at radius 2 is 2.00 bits per heavy atom. The standard InChI is InChI=1S/C7H12N4O/c8-1-2-10-3-5-11(6-4-10)7(9)12/h2-6H2,(H2,9,12). The fraction of sp³-hybridized carbons (Fsp3) is 0.714. The van der Waals surface area contributed by atoms with Gasteiger partial charge in [0, 0.05) is 26.2 Å². The first kappa shape index (κ1) is 8.81. The van der Waals surface area contributed by atoms with Gasteiger partial charge < -0.3 is 10.6 Å². The zero-order valence-corrected chi connectivity index (χ0v) is 6.86. The molecule has 5 heteroatoms. The molecular formula is C7H12N4O. The highest BCUT2D eigenvalue weighted by Gasteiger charge is 2.18. The van der Waals surface area contributed by atoms with E-state index in [-0.39, 0.29) is 6.03 Å². The molecule has 1 saturated heterocycles. The van der Waals surface area contributed by atoms with Crippen molar-refractivity contribution in [1.82, 2.24) is 9.80 Å². The van der Waals surface area contributed by atoms with Crippen LogP contribution in [0.4, 0.5) is 4.79 Å². The summed E-state index contributed by atoms with van der Waals surface area (Å²) < 4.78 is 0. The molecule has 5 nitrogen and oxygen atoms in total. The van der Waals surface area contributed by atoms with Crippen LogP contribution >= 0.6 is 0 Å². The van der Waals surface area contributed by atoms with Crippen LogP contribution in [-0.4, -0.2) is 48.6 Å². The molecule has 0 radical (unpaired) electrons. The maximum absolute atomic E-state index is 10.7. The van der Waals surface area contributed by atoms with Gasteiger partial charge in [-0.15, -0.1) is 0 Å². The quantitative estimate of drug-likeness (QED) is 0.521. The van der Waals surface area contributed by atoms with Crippen molar-refractivity contribution in [2.75, 3.05) is 32.7 Å². The second-order valence-electron chi connectivity index (χ2n) is 2.76. The molecule has 0 saturated carbocycles. The molecule has 1 aliphatic heterocycles. The fourth-order valence-electron chi connectivity index (χ4n) is 1.23. The van der Waals surface area contributed by atoms with Gasteiger partial charge in [0.05, 0.1) is 12.6 Å². The summed E-state index contributed by atoms with van der Waals surface area (Å²) in [6, 6.07) is 1.70. The SMILES string of the molecule is N#CCN1CCN(C(N)=O)CC1. The van der Waals surface area contributed by atoms with Crippen LogP contribution in [0.1, 0.15) is 0 Å². The molecule has 1 fully saturated rings. The van der Waals surface area contributed by atoms with E-state index in [0.717, 1.165) is 13.1 Å². The monoisotopic (exact) mass is 168 g/mol. The van der Waals surface area contributed by atoms with Crippen molar-refractivity contribution in [2.24, 2.45) is 5.73 Å². The fourth-order valence-corrected chi connectivity index (χ4v) is 1.23. The predicted octanol–water partition coefficient (Wildman–Crippen LogP) is -0.794. The van der Waals surface area contributed by atoms with Crippen LogP contribution in [0.3, 0.4) is 0 Å². The average molecular weight is 168 g/mol. The molecule has 0 unspecified atom stereocenters. The number of hydrogen-bond acceptors (Lipinski definition) is 3. The Balaban J connectivity index is 2.30. The molecule has 0 atom stereocenters. The average Bonchev–Trinajstić information content (AvgIpc) is 2.06. The number of carbonyl (C=O) groups excluding carboxylic acids is 1. The molecule has 0 aliphatic carbocycles. The Morgan fingerprint density at radius 1 is 1.42 bits per heavy atom. The van der Waals surface area contributed by atoms with E-state index in [0.29, 0.717) is 19.6 Å². The molecule has 1 heterocycles. The Labute approximate surface area is 71.3 Å². The topological polar surface area (TPSA) is 73.4 Å². The van der Waals surface area contributed by atoms with Gasteiger partial charge in [0.1, 0.15) is 0 Å². The predicted molar refractivity (Wildman–Crippen MR) is 43.2 cm³/mol. The molecule has 0 bridgehead atoms. The van der Waals surface area contributed by atoms with Crippen molar-refractivity contribution in [1.29, 1.82) is 5.26 Å². The molecule has 1 rings (SSSR count). The van der Waals surface area contributed by atoms with Crippen molar-refractivity contribution in [3.63, 3.8) is 0 Å². The van der Waals surface area contributed by atoms with E-state index in [1.165, 1.54) is 0 Å². The molecule has 2 amide bonds. The Bertz CT molecular complexity index is 202. The lowest BCUT2D eigenvalue weighted by Crippen LogP contribution is -2.50. The lowest BCUT2D eigenvalue weighted by molar-refractivity contribution is 0.154. The van der Waals surface area contributed by atoms with Gasteiger partial charge in [-0.05, 0) is 0 Å². The first-order chi connectivity index (χ1) is 5.74. The molecule has 0 spiro atoms. The second-order valence-corrected chi connectivity index (χ2v) is 2.76. The number of nitriles is 1. The van der Waals surface area contributed by atoms with Gasteiger partial charge in [0.2, 0.25) is 0 Å². The zero-order valence-electron chi connectivity index (χ0n) is 6.86. The number of nitrogens with zero attached hydrogens (tertiary/aromatic N) is 3. The first-order valence-electron chi connectivity index (χ1n) is 3.87. The van der Waals surface area contributed by atoms with Gasteiger partial charge in [-0.1, -0.05) is 0 Å². The summed E-state index contributed by atoms with van der Waals surface area (Å²) >= 11 is 0. The molecule has 1 aliphatic rings. The zero-order chi connectivity index (χ0) is 8.97. The van der Waals surface area contributed by atoms with E-state index in [9.17, 15) is 4.79 Å². The summed E-state index contributed by atoms with van der Waals surface area (Å²) in [7, 11) is 0. The maximum Gasteiger partial charge on any atom is 0.314 e. The number of amides is 2. The third-order valence-electron chi connectivity index (χ3n) is 1.98. The highest BCUT2D eigenvalue weighted by Crippen LogP contribution is 1.99. The molecular weight excluding hydrogens is 156 g/mol. The summed E-state index contributed by atoms with van der Waals surface area (Å²) in [6.45, 7) is 3.20. The smallest absolute Gasteiger partial charge is 0.314 e. The van der Waals surface area contributed by atoms with E-state index in [1.807, 2.05) is 4.90 Å². The minimum atomic E-state index is -0.369. The summed E-state index contributed by atoms with van der Waals surface area (Å²) in [5.41, 5.74) is 5.09. The van der Waals surface area contributed by atoms with Gasteiger partial charge >= 0.3 is 6.03 Å². The number of hydrogen-bond donors (Lipinski definition) is 1. The van der Waals surface area contributed by atoms with Crippen molar-refractivity contribution < 1.29 is 4.79 Å². The van der Waals surface area contributed by atoms with Gasteiger partial charge in [-0.3, -0.25) is 4.90 Å². The molecule has 2 N–H and O–H groups in total. The number of nitrogens with two attached hydrogens (primary N) is 1. The van der Waals surface area contributed by atoms with Crippen molar-refractivity contribution in [2.45, 2.75) is 0 Å². The largest absolute Gasteiger partial charge is 0.351 e. The van der Waals surface area contributed by atoms with E-state index in [2.05, 4.69) is 6.07 Å². The number of piperazine rings is 1. The molecule has 0 aromatic rings. The third-order valence-corrected chi connectivity index (χ3v) is 1.98. The second kappa shape index (κ2) is 3.93. The van der Waals surface area contributed by atoms with Crippen LogP contribution in [0, 0.1) is 11.3 Å². The van der Waals surface area contributed by atoms with Crippen LogP contribution in [-0.2, 0) is 0 Å². The highest BCUT2D eigenvalue weighted by atomic mass is 16.2. The number of carbonyl (C=O) groups is 1. The lowest BCUT2D eigenvalue weighted by atomic mass is 10.3. The minimum absolute atomic E-state index is 0.369. The molecule has 0 aromatic carbocycles. The third kappa shape index (κ3) is 2.10. The summed E-state index contributed by atoms with van der Waals surface area (Å²) in [5, 5.41) is 8.40. The van der Waals surface area contributed by atoms with E-state index >= 15 is 0 Å². The number of primary amides is 1. The molecule has 12 heavy (non-hydrogen) atoms. The Morgan fingerprint density at radius 3 is 2.42 bits per heavy atom. The Hall–Kier alpha value is -1.28. The van der Waals surface area contributed by atoms with Crippen LogP contribution < -0.4 is 5.73 Å². The maximum atomic E-state index is 10.7. The van der Waals surface area contributed by atoms with Crippen molar-refractivity contribution in [3.8, 4) is 6.07 Å². The van der Waals surface area contributed by atoms with Gasteiger partial charge in [0.15, 0.2) is 0 Å². The van der Waals surface area contributed by atoms with Crippen LogP contribution in [0.5, 0.6) is 0 Å². The number of urea groups is 1. The van der Waals surface area contributed by atoms with Crippen molar-refractivity contribution >= 4 is 6.03 Å². The Kier molecular flexibility index (Phi) is 2.88. The summed E-state index contributed by atoms with van der Waals surface area (Å²) in [4.78, 5) is 14.3. The van der Waals surface area contributed by atoms with E-state index in [4.69, 9.17) is 11.0 Å². The van der Waals surface area contributed by atoms with Gasteiger partial charge in [-0.2, -0.15) is 5.26 Å². The van der Waals surface area contributed by atoms with E-state index in [1.54, 1.807) is 4.90 Å². The minimum Gasteiger partial charge on any atom is -0.351 e. The van der Waals surface area contributed by atoms with Gasteiger partial charge in [-0.25, -0.2) is 4.79 Å². The summed E-state index contributed by atoms with van der Waals surface area (Å²) in [5.74, 6) is 0. The molecule has 0 aromatic heterocycles. The van der Waals surface area contributed by atoms with Crippen LogP contribution in [0.15, 0.2) is 0 Å². The van der Waals surface area contributed by atoms with E-state index < -0.39 is 0 Å². The number of rotatable bonds is 1. The normalized spacial score (nSPS) is 18.8. The highest BCUT2D eigenvalue weighted by molar-refractivity contribution is 5.72. The van der Waals surface area contributed by atoms with Crippen LogP contribution in [0.25, 0.3) is 0 Å². The lowest BCUT2D eigenvalue weighted by Gasteiger charge is -2.32. The molecule has 66 valence electrons. The first-order valence-corrected chi connectivity index (χ1v) is 3.87.